The number of amides is 1. The van der Waals surface area contributed by atoms with Crippen LogP contribution in [0, 0.1) is 0 Å². The van der Waals surface area contributed by atoms with Crippen LogP contribution in [0.3, 0.4) is 0 Å². The second-order valence-electron chi connectivity index (χ2n) is 6.25. The molecule has 150 valence electrons. The number of carbonyl (C=O) groups excluding carboxylic acids is 1. The van der Waals surface area contributed by atoms with Crippen molar-refractivity contribution in [3.8, 4) is 23.0 Å². The summed E-state index contributed by atoms with van der Waals surface area (Å²) >= 11 is 0. The smallest absolute Gasteiger partial charge is 0.255 e. The van der Waals surface area contributed by atoms with E-state index in [1.807, 2.05) is 30.3 Å². The van der Waals surface area contributed by atoms with Gasteiger partial charge in [-0.2, -0.15) is 0 Å². The molecule has 6 heteroatoms. The zero-order valence-electron chi connectivity index (χ0n) is 16.3. The van der Waals surface area contributed by atoms with E-state index in [4.69, 9.17) is 14.2 Å². The third kappa shape index (κ3) is 5.06. The molecular weight excluding hydrogens is 370 g/mol. The number of nitrogens with one attached hydrogen (secondary N) is 1. The van der Waals surface area contributed by atoms with Crippen molar-refractivity contribution in [3.63, 3.8) is 0 Å². The lowest BCUT2D eigenvalue weighted by molar-refractivity contribution is 0.0914. The lowest BCUT2D eigenvalue weighted by Crippen LogP contribution is -2.28. The van der Waals surface area contributed by atoms with Crippen molar-refractivity contribution >= 4 is 5.91 Å². The number of aliphatic hydroxyl groups is 1. The van der Waals surface area contributed by atoms with Crippen LogP contribution in [0.5, 0.6) is 23.0 Å². The first-order valence-corrected chi connectivity index (χ1v) is 9.12. The van der Waals surface area contributed by atoms with Gasteiger partial charge in [-0.1, -0.05) is 36.4 Å². The summed E-state index contributed by atoms with van der Waals surface area (Å²) in [6, 6.07) is 21.3. The lowest BCUT2D eigenvalue weighted by Gasteiger charge is -2.16. The molecule has 2 N–H and O–H groups in total. The fourth-order valence-electron chi connectivity index (χ4n) is 2.82. The van der Waals surface area contributed by atoms with Crippen molar-refractivity contribution < 1.29 is 24.1 Å². The third-order valence-corrected chi connectivity index (χ3v) is 4.35. The summed E-state index contributed by atoms with van der Waals surface area (Å²) in [7, 11) is 3.07. The highest BCUT2D eigenvalue weighted by molar-refractivity contribution is 5.97. The number of hydrogen-bond donors (Lipinski definition) is 2. The van der Waals surface area contributed by atoms with Gasteiger partial charge < -0.3 is 24.6 Å². The molecule has 0 spiro atoms. The first-order valence-electron chi connectivity index (χ1n) is 9.12. The van der Waals surface area contributed by atoms with Gasteiger partial charge in [0.25, 0.3) is 5.91 Å². The Morgan fingerprint density at radius 1 is 0.897 bits per heavy atom. The van der Waals surface area contributed by atoms with Crippen molar-refractivity contribution in [1.29, 1.82) is 0 Å². The maximum Gasteiger partial charge on any atom is 0.255 e. The minimum absolute atomic E-state index is 0.0357. The summed E-state index contributed by atoms with van der Waals surface area (Å²) in [6.07, 6.45) is -0.902. The van der Waals surface area contributed by atoms with E-state index < -0.39 is 6.10 Å². The highest BCUT2D eigenvalue weighted by Gasteiger charge is 2.16. The van der Waals surface area contributed by atoms with Crippen LogP contribution in [0.15, 0.2) is 72.8 Å². The molecule has 0 aliphatic carbocycles. The Morgan fingerprint density at radius 3 is 2.31 bits per heavy atom. The molecule has 0 bridgehead atoms. The van der Waals surface area contributed by atoms with Crippen LogP contribution in [0.1, 0.15) is 22.0 Å². The second-order valence-corrected chi connectivity index (χ2v) is 6.25. The van der Waals surface area contributed by atoms with Gasteiger partial charge in [0.1, 0.15) is 11.5 Å². The maximum atomic E-state index is 12.7. The van der Waals surface area contributed by atoms with E-state index in [-0.39, 0.29) is 12.5 Å². The zero-order valence-corrected chi connectivity index (χ0v) is 16.3. The van der Waals surface area contributed by atoms with Gasteiger partial charge in [0.15, 0.2) is 11.5 Å². The number of ether oxygens (including phenoxy) is 3. The molecule has 0 fully saturated rings. The fraction of sp³-hybridized carbons (Fsp3) is 0.174. The molecule has 0 radical (unpaired) electrons. The number of hydrogen-bond acceptors (Lipinski definition) is 5. The van der Waals surface area contributed by atoms with Crippen LogP contribution < -0.4 is 19.5 Å². The highest BCUT2D eigenvalue weighted by Crippen LogP contribution is 2.30. The summed E-state index contributed by atoms with van der Waals surface area (Å²) in [4.78, 5) is 12.7. The largest absolute Gasteiger partial charge is 0.493 e. The van der Waals surface area contributed by atoms with Crippen LogP contribution in [0.25, 0.3) is 0 Å². The molecule has 1 amide bonds. The first kappa shape index (κ1) is 20.2. The van der Waals surface area contributed by atoms with Gasteiger partial charge in [-0.15, -0.1) is 0 Å². The molecule has 6 nitrogen and oxygen atoms in total. The Balaban J connectivity index is 1.68. The maximum absolute atomic E-state index is 12.7. The predicted octanol–water partition coefficient (Wildman–Crippen LogP) is 3.96. The number of rotatable bonds is 8. The van der Waals surface area contributed by atoms with Crippen molar-refractivity contribution in [2.45, 2.75) is 6.10 Å². The number of aliphatic hydroxyl groups excluding tert-OH is 1. The summed E-state index contributed by atoms with van der Waals surface area (Å²) in [5.74, 6) is 1.82. The molecule has 0 saturated heterocycles. The minimum atomic E-state index is -0.902. The summed E-state index contributed by atoms with van der Waals surface area (Å²) in [5, 5.41) is 13.2. The molecule has 3 aromatic carbocycles. The normalized spacial score (nSPS) is 11.4. The Kier molecular flexibility index (Phi) is 6.71. The predicted molar refractivity (Wildman–Crippen MR) is 110 cm³/mol. The van der Waals surface area contributed by atoms with Crippen molar-refractivity contribution in [1.82, 2.24) is 5.32 Å². The van der Waals surface area contributed by atoms with Gasteiger partial charge in [0.05, 0.1) is 25.9 Å². The van der Waals surface area contributed by atoms with E-state index in [2.05, 4.69) is 5.32 Å². The summed E-state index contributed by atoms with van der Waals surface area (Å²) < 4.78 is 16.3. The molecule has 3 rings (SSSR count). The second kappa shape index (κ2) is 9.61. The van der Waals surface area contributed by atoms with E-state index in [0.717, 1.165) is 0 Å². The highest BCUT2D eigenvalue weighted by atomic mass is 16.5. The Labute approximate surface area is 169 Å². The van der Waals surface area contributed by atoms with Gasteiger partial charge >= 0.3 is 0 Å². The summed E-state index contributed by atoms with van der Waals surface area (Å²) in [6.45, 7) is 0.0357. The van der Waals surface area contributed by atoms with E-state index >= 15 is 0 Å². The lowest BCUT2D eigenvalue weighted by atomic mass is 10.1. The topological polar surface area (TPSA) is 77.0 Å². The number of para-hydroxylation sites is 2. The number of methoxy groups -OCH3 is 2. The summed E-state index contributed by atoms with van der Waals surface area (Å²) in [5.41, 5.74) is 0.993. The zero-order chi connectivity index (χ0) is 20.6. The third-order valence-electron chi connectivity index (χ3n) is 4.35. The minimum Gasteiger partial charge on any atom is -0.493 e. The van der Waals surface area contributed by atoms with E-state index in [1.165, 1.54) is 7.11 Å². The van der Waals surface area contributed by atoms with Gasteiger partial charge in [0, 0.05) is 6.54 Å². The van der Waals surface area contributed by atoms with Gasteiger partial charge in [-0.05, 0) is 42.0 Å². The van der Waals surface area contributed by atoms with E-state index in [0.29, 0.717) is 34.1 Å². The Hall–Kier alpha value is -3.51. The quantitative estimate of drug-likeness (QED) is 0.606. The van der Waals surface area contributed by atoms with E-state index in [9.17, 15) is 9.90 Å². The van der Waals surface area contributed by atoms with Crippen LogP contribution in [-0.2, 0) is 0 Å². The fourth-order valence-corrected chi connectivity index (χ4v) is 2.82. The molecule has 1 atom stereocenters. The average Bonchev–Trinajstić information content (AvgIpc) is 2.77. The molecule has 1 unspecified atom stereocenters. The molecule has 0 saturated carbocycles. The standard InChI is InChI=1S/C23H23NO5/c1-27-21-13-12-16(14-22(21)28-2)19(25)15-24-23(26)18-10-6-7-11-20(18)29-17-8-4-3-5-9-17/h3-14,19,25H,15H2,1-2H3,(H,24,26). The van der Waals surface area contributed by atoms with Crippen LogP contribution in [0.2, 0.25) is 0 Å². The molecule has 0 aliphatic rings. The van der Waals surface area contributed by atoms with Crippen molar-refractivity contribution in [2.75, 3.05) is 20.8 Å². The van der Waals surface area contributed by atoms with Gasteiger partial charge in [0.2, 0.25) is 0 Å². The SMILES string of the molecule is COc1ccc(C(O)CNC(=O)c2ccccc2Oc2ccccc2)cc1OC. The molecule has 29 heavy (non-hydrogen) atoms. The van der Waals surface area contributed by atoms with Crippen LogP contribution in [0.4, 0.5) is 0 Å². The first-order chi connectivity index (χ1) is 14.1. The molecular formula is C23H23NO5. The molecule has 3 aromatic rings. The van der Waals surface area contributed by atoms with Crippen molar-refractivity contribution in [3.05, 3.63) is 83.9 Å². The Morgan fingerprint density at radius 2 is 1.59 bits per heavy atom. The van der Waals surface area contributed by atoms with Crippen LogP contribution in [-0.4, -0.2) is 31.8 Å². The number of benzene rings is 3. The Bertz CT molecular complexity index is 958. The number of carbonyl (C=O) groups is 1. The monoisotopic (exact) mass is 393 g/mol. The molecule has 0 aromatic heterocycles. The van der Waals surface area contributed by atoms with Crippen LogP contribution >= 0.6 is 0 Å². The average molecular weight is 393 g/mol. The molecule has 0 heterocycles. The molecule has 0 aliphatic heterocycles. The van der Waals surface area contributed by atoms with Gasteiger partial charge in [-0.3, -0.25) is 4.79 Å². The van der Waals surface area contributed by atoms with E-state index in [1.54, 1.807) is 49.6 Å². The van der Waals surface area contributed by atoms with Crippen molar-refractivity contribution in [2.24, 2.45) is 0 Å². The van der Waals surface area contributed by atoms with Gasteiger partial charge in [-0.25, -0.2) is 0 Å².